The third-order valence-electron chi connectivity index (χ3n) is 9.46. The summed E-state index contributed by atoms with van der Waals surface area (Å²) >= 11 is 4.66. The molecule has 6 atom stereocenters. The van der Waals surface area contributed by atoms with Gasteiger partial charge >= 0.3 is 17.9 Å². The summed E-state index contributed by atoms with van der Waals surface area (Å²) in [6.45, 7) is 1.96. The molecule has 3 aromatic carbocycles. The SMILES string of the molecule is CC(=O)O[C@H]1C(=O)Nc2ccc(cc2)C[C@H](C(=O)O)NC(=O)[C@@H](CCc2ccccc2)NC(=O)[C@H](Cc2ccc(Br)cc2)NC(=O)[C@@H](Cc2cccs2)NC(=O)[C@@H]1OC(C)=O. The standard InChI is InChI=1S/C43H44BrN5O11S/c1-24(50)59-36-37(60-25(2)51)42(56)48-34(23-31-9-6-20-61-31)40(54)47-33(21-27-10-15-29(44)16-11-27)39(53)46-32(19-14-26-7-4-3-5-8-26)38(52)49-35(43(57)58)22-28-12-17-30(18-13-28)45-41(36)55/h3-13,15-18,20,32-37H,14,19,21-23H2,1-2H3,(H,45,55)(H,46,53)(H,47,54)(H,48,56)(H,49,52)(H,57,58)/t32-,33+,34-,35-,36-,37-/m1/s1. The summed E-state index contributed by atoms with van der Waals surface area (Å²) in [6, 6.07) is 19.8. The van der Waals surface area contributed by atoms with Crippen LogP contribution in [0.1, 0.15) is 41.8 Å². The fourth-order valence-electron chi connectivity index (χ4n) is 6.44. The predicted octanol–water partition coefficient (Wildman–Crippen LogP) is 3.01. The van der Waals surface area contributed by atoms with Crippen LogP contribution in [-0.2, 0) is 73.5 Å². The van der Waals surface area contributed by atoms with Crippen molar-refractivity contribution in [3.63, 3.8) is 0 Å². The molecule has 61 heavy (non-hydrogen) atoms. The van der Waals surface area contributed by atoms with Crippen molar-refractivity contribution in [3.8, 4) is 0 Å². The number of anilines is 1. The summed E-state index contributed by atoms with van der Waals surface area (Å²) in [4.78, 5) is 108. The molecule has 18 heteroatoms. The maximum atomic E-state index is 14.4. The highest BCUT2D eigenvalue weighted by atomic mass is 79.9. The zero-order chi connectivity index (χ0) is 44.1. The van der Waals surface area contributed by atoms with E-state index in [1.54, 1.807) is 41.8 Å². The first-order valence-electron chi connectivity index (χ1n) is 19.1. The summed E-state index contributed by atoms with van der Waals surface area (Å²) in [5, 5.41) is 25.0. The van der Waals surface area contributed by atoms with Gasteiger partial charge in [0.15, 0.2) is 0 Å². The number of esters is 2. The lowest BCUT2D eigenvalue weighted by atomic mass is 10.0. The molecule has 0 unspecified atom stereocenters. The number of benzene rings is 3. The monoisotopic (exact) mass is 917 g/mol. The van der Waals surface area contributed by atoms with Gasteiger partial charge in [0.1, 0.15) is 24.2 Å². The minimum absolute atomic E-state index is 0.0549. The van der Waals surface area contributed by atoms with Crippen molar-refractivity contribution >= 4 is 80.4 Å². The molecule has 0 aliphatic carbocycles. The zero-order valence-electron chi connectivity index (χ0n) is 33.1. The smallest absolute Gasteiger partial charge is 0.326 e. The average Bonchev–Trinajstić information content (AvgIpc) is 3.74. The van der Waals surface area contributed by atoms with Gasteiger partial charge < -0.3 is 41.2 Å². The molecular weight excluding hydrogens is 874 g/mol. The Balaban J connectivity index is 1.59. The van der Waals surface area contributed by atoms with E-state index in [1.807, 2.05) is 30.3 Å². The number of hydrogen-bond donors (Lipinski definition) is 6. The van der Waals surface area contributed by atoms with Crippen LogP contribution >= 0.6 is 27.3 Å². The molecule has 2 bridgehead atoms. The Morgan fingerprint density at radius 2 is 1.23 bits per heavy atom. The van der Waals surface area contributed by atoms with Gasteiger partial charge in [0.25, 0.3) is 11.8 Å². The van der Waals surface area contributed by atoms with Crippen LogP contribution in [0.4, 0.5) is 5.69 Å². The van der Waals surface area contributed by atoms with Crippen LogP contribution in [0.25, 0.3) is 0 Å². The van der Waals surface area contributed by atoms with Gasteiger partial charge in [0, 0.05) is 48.1 Å². The van der Waals surface area contributed by atoms with Crippen molar-refractivity contribution in [2.75, 3.05) is 5.32 Å². The third kappa shape index (κ3) is 13.8. The van der Waals surface area contributed by atoms with Crippen LogP contribution in [0.3, 0.4) is 0 Å². The summed E-state index contributed by atoms with van der Waals surface area (Å²) < 4.78 is 11.3. The Morgan fingerprint density at radius 1 is 0.656 bits per heavy atom. The summed E-state index contributed by atoms with van der Waals surface area (Å²) in [7, 11) is 0. The molecule has 4 aromatic rings. The number of ether oxygens (including phenoxy) is 2. The highest BCUT2D eigenvalue weighted by molar-refractivity contribution is 9.10. The van der Waals surface area contributed by atoms with E-state index in [0.717, 1.165) is 23.9 Å². The maximum Gasteiger partial charge on any atom is 0.326 e. The number of carbonyl (C=O) groups excluding carboxylic acids is 7. The zero-order valence-corrected chi connectivity index (χ0v) is 35.5. The number of carboxylic acids is 1. The first kappa shape index (κ1) is 45.7. The van der Waals surface area contributed by atoms with Gasteiger partial charge in [-0.25, -0.2) is 4.79 Å². The first-order chi connectivity index (χ1) is 29.1. The van der Waals surface area contributed by atoms with Crippen LogP contribution in [0.15, 0.2) is 101 Å². The van der Waals surface area contributed by atoms with Gasteiger partial charge in [-0.05, 0) is 65.2 Å². The van der Waals surface area contributed by atoms with Crippen molar-refractivity contribution in [3.05, 3.63) is 122 Å². The lowest BCUT2D eigenvalue weighted by Gasteiger charge is -2.28. The number of amides is 5. The van der Waals surface area contributed by atoms with Crippen LogP contribution < -0.4 is 26.6 Å². The van der Waals surface area contributed by atoms with Gasteiger partial charge in [-0.1, -0.05) is 76.6 Å². The quantitative estimate of drug-likeness (QED) is 0.1000. The topological polar surface area (TPSA) is 235 Å². The van der Waals surface area contributed by atoms with Gasteiger partial charge in [0.2, 0.25) is 29.9 Å². The van der Waals surface area contributed by atoms with Crippen molar-refractivity contribution in [1.29, 1.82) is 0 Å². The largest absolute Gasteiger partial charge is 0.480 e. The summed E-state index contributed by atoms with van der Waals surface area (Å²) in [5.74, 6) is -8.03. The van der Waals surface area contributed by atoms with Crippen LogP contribution in [-0.4, -0.2) is 88.9 Å². The molecule has 0 radical (unpaired) electrons. The van der Waals surface area contributed by atoms with E-state index in [2.05, 4.69) is 42.5 Å². The maximum absolute atomic E-state index is 14.4. The lowest BCUT2D eigenvalue weighted by molar-refractivity contribution is -0.173. The molecule has 1 aromatic heterocycles. The Hall–Kier alpha value is -6.40. The summed E-state index contributed by atoms with van der Waals surface area (Å²) in [5.41, 5.74) is 2.03. The van der Waals surface area contributed by atoms with E-state index >= 15 is 0 Å². The fraction of sp³-hybridized carbons (Fsp3) is 0.302. The Labute approximate surface area is 363 Å². The number of fused-ring (bicyclic) bond motifs is 18. The number of aryl methyl sites for hydroxylation is 1. The number of carboxylic acid groups (broad SMARTS) is 1. The second-order valence-corrected chi connectivity index (χ2v) is 16.1. The van der Waals surface area contributed by atoms with E-state index in [9.17, 15) is 43.5 Å². The molecule has 2 aliphatic rings. The first-order valence-corrected chi connectivity index (χ1v) is 20.8. The van der Waals surface area contributed by atoms with Crippen molar-refractivity contribution in [2.45, 2.75) is 82.3 Å². The number of rotatable bonds is 10. The van der Waals surface area contributed by atoms with E-state index in [-0.39, 0.29) is 31.4 Å². The molecule has 320 valence electrons. The van der Waals surface area contributed by atoms with Crippen LogP contribution in [0.2, 0.25) is 0 Å². The minimum Gasteiger partial charge on any atom is -0.480 e. The van der Waals surface area contributed by atoms with Crippen molar-refractivity contribution in [2.24, 2.45) is 0 Å². The third-order valence-corrected chi connectivity index (χ3v) is 10.9. The number of aliphatic carboxylic acids is 1. The molecule has 0 saturated heterocycles. The van der Waals surface area contributed by atoms with E-state index in [0.29, 0.717) is 22.4 Å². The van der Waals surface area contributed by atoms with Gasteiger partial charge in [-0.15, -0.1) is 11.3 Å². The van der Waals surface area contributed by atoms with Crippen LogP contribution in [0.5, 0.6) is 0 Å². The summed E-state index contributed by atoms with van der Waals surface area (Å²) in [6.07, 6.45) is -4.17. The number of nitrogens with one attached hydrogen (secondary N) is 5. The molecule has 6 N–H and O–H groups in total. The second-order valence-electron chi connectivity index (χ2n) is 14.2. The molecule has 2 aliphatic heterocycles. The Morgan fingerprint density at radius 3 is 1.82 bits per heavy atom. The number of carbonyl (C=O) groups is 8. The van der Waals surface area contributed by atoms with Crippen molar-refractivity contribution in [1.82, 2.24) is 21.3 Å². The molecule has 0 saturated carbocycles. The molecule has 3 heterocycles. The fourth-order valence-corrected chi connectivity index (χ4v) is 7.45. The van der Waals surface area contributed by atoms with Crippen LogP contribution in [0, 0.1) is 0 Å². The molecule has 0 spiro atoms. The average molecular weight is 919 g/mol. The molecule has 6 rings (SSSR count). The highest BCUT2D eigenvalue weighted by Crippen LogP contribution is 2.18. The molecule has 5 amide bonds. The van der Waals surface area contributed by atoms with Gasteiger partial charge in [-0.3, -0.25) is 33.6 Å². The van der Waals surface area contributed by atoms with Crippen molar-refractivity contribution < 1.29 is 52.9 Å². The van der Waals surface area contributed by atoms with E-state index in [1.165, 1.54) is 35.6 Å². The number of halogens is 1. The number of thiophene rings is 1. The van der Waals surface area contributed by atoms with Gasteiger partial charge in [0.05, 0.1) is 0 Å². The lowest BCUT2D eigenvalue weighted by Crippen LogP contribution is -2.60. The van der Waals surface area contributed by atoms with E-state index < -0.39 is 83.8 Å². The molecular formula is C43H44BrN5O11S. The Kier molecular flexibility index (Phi) is 16.3. The van der Waals surface area contributed by atoms with E-state index in [4.69, 9.17) is 9.47 Å². The van der Waals surface area contributed by atoms with Gasteiger partial charge in [-0.2, -0.15) is 0 Å². The predicted molar refractivity (Wildman–Crippen MR) is 226 cm³/mol. The minimum atomic E-state index is -2.09. The molecule has 0 fully saturated rings. The number of hydrogen-bond acceptors (Lipinski definition) is 11. The second kappa shape index (κ2) is 21.7. The Bertz CT molecular complexity index is 2210. The molecule has 16 nitrogen and oxygen atoms in total. The normalized spacial score (nSPS) is 21.7. The highest BCUT2D eigenvalue weighted by Gasteiger charge is 2.41.